The molecular weight excluding hydrogens is 427 g/mol. The Morgan fingerprint density at radius 2 is 2.20 bits per heavy atom. The molecule has 0 bridgehead atoms. The lowest BCUT2D eigenvalue weighted by atomic mass is 10.2. The molecule has 0 saturated carbocycles. The summed E-state index contributed by atoms with van der Waals surface area (Å²) in [7, 11) is 0. The summed E-state index contributed by atoms with van der Waals surface area (Å²) in [5.41, 5.74) is 2.47. The molecule has 2 heterocycles. The molecule has 0 aromatic carbocycles. The average molecular weight is 434 g/mol. The predicted molar refractivity (Wildman–Crippen MR) is 81.9 cm³/mol. The van der Waals surface area contributed by atoms with E-state index in [4.69, 9.17) is 11.6 Å². The molecule has 0 aliphatic carbocycles. The average Bonchev–Trinajstić information content (AvgIpc) is 2.74. The van der Waals surface area contributed by atoms with Crippen LogP contribution in [0.25, 0.3) is 0 Å². The Morgan fingerprint density at radius 3 is 2.67 bits per heavy atom. The van der Waals surface area contributed by atoms with Gasteiger partial charge in [0.15, 0.2) is 0 Å². The highest BCUT2D eigenvalue weighted by molar-refractivity contribution is 14.1. The molecule has 0 spiro atoms. The highest BCUT2D eigenvalue weighted by Gasteiger charge is 2.15. The molecule has 2 aromatic rings. The van der Waals surface area contributed by atoms with Gasteiger partial charge >= 0.3 is 0 Å². The Bertz CT molecular complexity index is 458. The summed E-state index contributed by atoms with van der Waals surface area (Å²) >= 11 is 15.5. The zero-order chi connectivity index (χ0) is 11.0. The van der Waals surface area contributed by atoms with Crippen molar-refractivity contribution in [3.8, 4) is 0 Å². The van der Waals surface area contributed by atoms with Gasteiger partial charge in [0, 0.05) is 4.88 Å². The maximum atomic E-state index is 6.06. The molecular formula is C10H7BrClIS2. The van der Waals surface area contributed by atoms with Crippen molar-refractivity contribution in [1.82, 2.24) is 0 Å². The maximum Gasteiger partial charge on any atom is 0.0960 e. The lowest BCUT2D eigenvalue weighted by molar-refractivity contribution is 1.24. The fourth-order valence-electron chi connectivity index (χ4n) is 1.23. The number of halogens is 3. The Balaban J connectivity index is 2.31. The fraction of sp³-hybridized carbons (Fsp3) is 0.200. The lowest BCUT2D eigenvalue weighted by Crippen LogP contribution is -1.85. The van der Waals surface area contributed by atoms with Crippen molar-refractivity contribution < 1.29 is 0 Å². The number of aryl methyl sites for hydroxylation is 1. The first-order valence-corrected chi connectivity index (χ1v) is 8.28. The van der Waals surface area contributed by atoms with Gasteiger partial charge in [-0.1, -0.05) is 27.5 Å². The number of rotatable bonds is 2. The molecule has 0 aliphatic rings. The van der Waals surface area contributed by atoms with Crippen LogP contribution in [0.4, 0.5) is 0 Å². The van der Waals surface area contributed by atoms with Gasteiger partial charge in [0.05, 0.1) is 12.0 Å². The van der Waals surface area contributed by atoms with Crippen LogP contribution in [-0.2, 0) is 0 Å². The van der Waals surface area contributed by atoms with E-state index in [0.29, 0.717) is 0 Å². The summed E-state index contributed by atoms with van der Waals surface area (Å²) in [5.74, 6) is 0. The third-order valence-corrected chi connectivity index (χ3v) is 6.76. The minimum atomic E-state index is 0.272. The zero-order valence-corrected chi connectivity index (χ0v) is 13.9. The van der Waals surface area contributed by atoms with Crippen LogP contribution in [-0.4, -0.2) is 0 Å². The van der Waals surface area contributed by atoms with E-state index in [-0.39, 0.29) is 4.83 Å². The van der Waals surface area contributed by atoms with E-state index in [0.717, 1.165) is 9.90 Å². The quantitative estimate of drug-likeness (QED) is 0.411. The van der Waals surface area contributed by atoms with Crippen molar-refractivity contribution in [2.45, 2.75) is 11.8 Å². The molecule has 0 N–H and O–H groups in total. The Morgan fingerprint density at radius 1 is 1.47 bits per heavy atom. The van der Waals surface area contributed by atoms with Crippen molar-refractivity contribution in [2.24, 2.45) is 0 Å². The van der Waals surface area contributed by atoms with E-state index >= 15 is 0 Å². The smallest absolute Gasteiger partial charge is 0.0960 e. The Labute approximate surface area is 124 Å². The van der Waals surface area contributed by atoms with E-state index in [9.17, 15) is 0 Å². The molecule has 2 rings (SSSR count). The first-order valence-electron chi connectivity index (χ1n) is 4.21. The van der Waals surface area contributed by atoms with Gasteiger partial charge < -0.3 is 0 Å². The van der Waals surface area contributed by atoms with Crippen molar-refractivity contribution in [1.29, 1.82) is 0 Å². The number of hydrogen-bond donors (Lipinski definition) is 0. The van der Waals surface area contributed by atoms with E-state index in [1.807, 2.05) is 6.92 Å². The Kier molecular flexibility index (Phi) is 4.15. The second-order valence-corrected chi connectivity index (χ2v) is 8.56. The summed E-state index contributed by atoms with van der Waals surface area (Å²) in [6, 6.07) is 4.35. The SMILES string of the molecule is Cc1cc(C(Br)c2csc(I)c2)sc1Cl. The summed E-state index contributed by atoms with van der Waals surface area (Å²) < 4.78 is 2.20. The molecule has 80 valence electrons. The van der Waals surface area contributed by atoms with E-state index < -0.39 is 0 Å². The molecule has 5 heteroatoms. The molecule has 0 amide bonds. The normalized spacial score (nSPS) is 13.1. The molecule has 1 unspecified atom stereocenters. The van der Waals surface area contributed by atoms with Gasteiger partial charge in [0.25, 0.3) is 0 Å². The first kappa shape index (κ1) is 12.4. The van der Waals surface area contributed by atoms with Crippen molar-refractivity contribution in [3.05, 3.63) is 40.7 Å². The van der Waals surface area contributed by atoms with Crippen LogP contribution in [0.2, 0.25) is 4.34 Å². The second kappa shape index (κ2) is 5.04. The highest BCUT2D eigenvalue weighted by atomic mass is 127. The zero-order valence-electron chi connectivity index (χ0n) is 7.76. The van der Waals surface area contributed by atoms with Gasteiger partial charge in [-0.25, -0.2) is 0 Å². The van der Waals surface area contributed by atoms with Crippen molar-refractivity contribution >= 4 is 72.8 Å². The predicted octanol–water partition coefficient (Wildman–Crippen LogP) is 5.86. The van der Waals surface area contributed by atoms with Crippen molar-refractivity contribution in [3.63, 3.8) is 0 Å². The summed E-state index contributed by atoms with van der Waals surface area (Å²) in [6.07, 6.45) is 0. The second-order valence-electron chi connectivity index (χ2n) is 3.15. The number of alkyl halides is 1. The van der Waals surface area contributed by atoms with Crippen LogP contribution in [0.3, 0.4) is 0 Å². The Hall–Kier alpha value is 0.900. The minimum absolute atomic E-state index is 0.272. The van der Waals surface area contributed by atoms with Crippen LogP contribution >= 0.6 is 72.8 Å². The molecule has 0 saturated heterocycles. The van der Waals surface area contributed by atoms with Gasteiger partial charge in [-0.2, -0.15) is 0 Å². The van der Waals surface area contributed by atoms with Gasteiger partial charge in [-0.3, -0.25) is 0 Å². The lowest BCUT2D eigenvalue weighted by Gasteiger charge is -2.03. The highest BCUT2D eigenvalue weighted by Crippen LogP contribution is 2.40. The molecule has 2 aromatic heterocycles. The summed E-state index contributed by atoms with van der Waals surface area (Å²) in [4.78, 5) is 1.54. The topological polar surface area (TPSA) is 0 Å². The minimum Gasteiger partial charge on any atom is -0.137 e. The van der Waals surface area contributed by atoms with Crippen molar-refractivity contribution in [2.75, 3.05) is 0 Å². The largest absolute Gasteiger partial charge is 0.137 e. The van der Waals surface area contributed by atoms with Gasteiger partial charge in [-0.05, 0) is 58.2 Å². The van der Waals surface area contributed by atoms with Gasteiger partial charge in [-0.15, -0.1) is 22.7 Å². The monoisotopic (exact) mass is 432 g/mol. The molecule has 1 atom stereocenters. The number of hydrogen-bond acceptors (Lipinski definition) is 2. The maximum absolute atomic E-state index is 6.06. The molecule has 15 heavy (non-hydrogen) atoms. The van der Waals surface area contributed by atoms with Gasteiger partial charge in [0.2, 0.25) is 0 Å². The summed E-state index contributed by atoms with van der Waals surface area (Å²) in [5, 5.41) is 2.18. The van der Waals surface area contributed by atoms with E-state index in [1.54, 1.807) is 22.7 Å². The molecule has 0 aliphatic heterocycles. The van der Waals surface area contributed by atoms with Crippen LogP contribution < -0.4 is 0 Å². The first-order chi connectivity index (χ1) is 7.08. The standard InChI is InChI=1S/C10H7BrClIS2/c1-5-2-7(15-10(5)12)9(11)6-3-8(13)14-4-6/h2-4,9H,1H3. The van der Waals surface area contributed by atoms with Crippen LogP contribution in [0.5, 0.6) is 0 Å². The molecule has 0 radical (unpaired) electrons. The van der Waals surface area contributed by atoms with E-state index in [2.05, 4.69) is 56.0 Å². The third kappa shape index (κ3) is 2.77. The van der Waals surface area contributed by atoms with Crippen LogP contribution in [0, 0.1) is 9.81 Å². The summed E-state index contributed by atoms with van der Waals surface area (Å²) in [6.45, 7) is 2.04. The van der Waals surface area contributed by atoms with E-state index in [1.165, 1.54) is 13.3 Å². The van der Waals surface area contributed by atoms with Gasteiger partial charge in [0.1, 0.15) is 0 Å². The fourth-order valence-corrected chi connectivity index (χ4v) is 4.70. The number of thiophene rings is 2. The molecule has 0 nitrogen and oxygen atoms in total. The third-order valence-electron chi connectivity index (χ3n) is 2.01. The molecule has 0 fully saturated rings. The van der Waals surface area contributed by atoms with Crippen LogP contribution in [0.15, 0.2) is 17.5 Å². The van der Waals surface area contributed by atoms with Crippen LogP contribution in [0.1, 0.15) is 20.8 Å².